The van der Waals surface area contributed by atoms with Gasteiger partial charge in [-0.25, -0.2) is 0 Å². The van der Waals surface area contributed by atoms with Gasteiger partial charge in [0.2, 0.25) is 5.91 Å². The average Bonchev–Trinajstić information content (AvgIpc) is 2.34. The minimum Gasteiger partial charge on any atom is -0.354 e. The van der Waals surface area contributed by atoms with E-state index in [1.54, 1.807) is 0 Å². The lowest BCUT2D eigenvalue weighted by atomic mass is 9.90. The Morgan fingerprint density at radius 1 is 1.21 bits per heavy atom. The van der Waals surface area contributed by atoms with Crippen LogP contribution in [0.1, 0.15) is 66.2 Å². The number of nitrogens with one attached hydrogen (secondary N) is 1. The first-order chi connectivity index (χ1) is 8.87. The maximum Gasteiger partial charge on any atom is 0.220 e. The van der Waals surface area contributed by atoms with Gasteiger partial charge in [0.1, 0.15) is 0 Å². The van der Waals surface area contributed by atoms with Crippen molar-refractivity contribution in [1.82, 2.24) is 10.2 Å². The molecule has 0 aromatic heterocycles. The molecule has 1 aliphatic heterocycles. The number of likely N-dealkylation sites (tertiary alicyclic amines) is 1. The molecule has 1 fully saturated rings. The number of hydrogen-bond acceptors (Lipinski definition) is 2. The molecule has 0 radical (unpaired) electrons. The van der Waals surface area contributed by atoms with Gasteiger partial charge < -0.3 is 10.2 Å². The van der Waals surface area contributed by atoms with Crippen LogP contribution in [0.2, 0.25) is 0 Å². The fourth-order valence-corrected chi connectivity index (χ4v) is 2.47. The fraction of sp³-hybridized carbons (Fsp3) is 0.938. The summed E-state index contributed by atoms with van der Waals surface area (Å²) in [6.45, 7) is 12.3. The minimum absolute atomic E-state index is 0.209. The number of nitrogens with zero attached hydrogens (tertiary/aromatic N) is 1. The van der Waals surface area contributed by atoms with Gasteiger partial charge in [-0.15, -0.1) is 0 Å². The summed E-state index contributed by atoms with van der Waals surface area (Å²) in [5.41, 5.74) is 0.244. The summed E-state index contributed by atoms with van der Waals surface area (Å²) < 4.78 is 0. The van der Waals surface area contributed by atoms with Crippen molar-refractivity contribution in [2.75, 3.05) is 19.6 Å². The molecule has 1 atom stereocenters. The Kier molecular flexibility index (Phi) is 6.84. The van der Waals surface area contributed by atoms with Gasteiger partial charge in [-0.05, 0) is 51.1 Å². The zero-order valence-corrected chi connectivity index (χ0v) is 13.3. The van der Waals surface area contributed by atoms with Crippen molar-refractivity contribution < 1.29 is 4.79 Å². The van der Waals surface area contributed by atoms with Crippen molar-refractivity contribution in [2.45, 2.75) is 72.3 Å². The van der Waals surface area contributed by atoms with E-state index >= 15 is 0 Å². The SMILES string of the molecule is CC(CCN1CCCCC1)NC(=O)CCC(C)(C)C. The zero-order chi connectivity index (χ0) is 14.3. The third-order valence-corrected chi connectivity index (χ3v) is 3.84. The Morgan fingerprint density at radius 2 is 1.84 bits per heavy atom. The van der Waals surface area contributed by atoms with Crippen molar-refractivity contribution in [2.24, 2.45) is 5.41 Å². The van der Waals surface area contributed by atoms with E-state index in [-0.39, 0.29) is 11.3 Å². The second-order valence-electron chi connectivity index (χ2n) is 7.22. The number of hydrogen-bond donors (Lipinski definition) is 1. The second-order valence-corrected chi connectivity index (χ2v) is 7.22. The highest BCUT2D eigenvalue weighted by Crippen LogP contribution is 2.20. The molecular weight excluding hydrogens is 236 g/mol. The van der Waals surface area contributed by atoms with E-state index in [4.69, 9.17) is 0 Å². The van der Waals surface area contributed by atoms with E-state index in [0.717, 1.165) is 19.4 Å². The number of carbonyl (C=O) groups excluding carboxylic acids is 1. The molecule has 1 heterocycles. The lowest BCUT2D eigenvalue weighted by Gasteiger charge is -2.27. The van der Waals surface area contributed by atoms with Crippen molar-refractivity contribution in [3.05, 3.63) is 0 Å². The van der Waals surface area contributed by atoms with Crippen LogP contribution in [-0.4, -0.2) is 36.5 Å². The lowest BCUT2D eigenvalue weighted by molar-refractivity contribution is -0.122. The van der Waals surface area contributed by atoms with Gasteiger partial charge in [0.25, 0.3) is 0 Å². The quantitative estimate of drug-likeness (QED) is 0.802. The molecule has 1 aliphatic rings. The van der Waals surface area contributed by atoms with Gasteiger partial charge in [-0.2, -0.15) is 0 Å². The largest absolute Gasteiger partial charge is 0.354 e. The summed E-state index contributed by atoms with van der Waals surface area (Å²) in [7, 11) is 0. The van der Waals surface area contributed by atoms with Crippen LogP contribution < -0.4 is 5.32 Å². The van der Waals surface area contributed by atoms with E-state index in [0.29, 0.717) is 12.5 Å². The van der Waals surface area contributed by atoms with Crippen LogP contribution in [0.25, 0.3) is 0 Å². The third-order valence-electron chi connectivity index (χ3n) is 3.84. The molecule has 3 heteroatoms. The molecule has 0 aromatic carbocycles. The summed E-state index contributed by atoms with van der Waals surface area (Å²) in [6, 6.07) is 0.300. The first-order valence-corrected chi connectivity index (χ1v) is 7.88. The topological polar surface area (TPSA) is 32.3 Å². The predicted molar refractivity (Wildman–Crippen MR) is 81.2 cm³/mol. The number of carbonyl (C=O) groups is 1. The van der Waals surface area contributed by atoms with Gasteiger partial charge in [-0.3, -0.25) is 4.79 Å². The van der Waals surface area contributed by atoms with Crippen molar-refractivity contribution in [3.63, 3.8) is 0 Å². The molecule has 3 nitrogen and oxygen atoms in total. The fourth-order valence-electron chi connectivity index (χ4n) is 2.47. The minimum atomic E-state index is 0.209. The molecule has 1 saturated heterocycles. The third kappa shape index (κ3) is 8.25. The van der Waals surface area contributed by atoms with Crippen LogP contribution in [0.15, 0.2) is 0 Å². The molecule has 1 amide bonds. The normalized spacial score (nSPS) is 19.2. The van der Waals surface area contributed by atoms with E-state index in [2.05, 4.69) is 37.9 Å². The highest BCUT2D eigenvalue weighted by molar-refractivity contribution is 5.76. The maximum absolute atomic E-state index is 11.8. The van der Waals surface area contributed by atoms with Crippen LogP contribution in [0, 0.1) is 5.41 Å². The molecule has 0 spiro atoms. The first kappa shape index (κ1) is 16.5. The molecule has 0 aliphatic carbocycles. The van der Waals surface area contributed by atoms with Crippen molar-refractivity contribution in [3.8, 4) is 0 Å². The molecule has 112 valence electrons. The predicted octanol–water partition coefficient (Wildman–Crippen LogP) is 3.19. The van der Waals surface area contributed by atoms with E-state index in [9.17, 15) is 4.79 Å². The molecule has 1 rings (SSSR count). The summed E-state index contributed by atoms with van der Waals surface area (Å²) in [4.78, 5) is 14.4. The zero-order valence-electron chi connectivity index (χ0n) is 13.3. The summed E-state index contributed by atoms with van der Waals surface area (Å²) >= 11 is 0. The molecule has 1 unspecified atom stereocenters. The number of rotatable bonds is 6. The average molecular weight is 268 g/mol. The molecule has 1 N–H and O–H groups in total. The standard InChI is InChI=1S/C16H32N2O/c1-14(9-13-18-11-6-5-7-12-18)17-15(19)8-10-16(2,3)4/h14H,5-13H2,1-4H3,(H,17,19). The van der Waals surface area contributed by atoms with Crippen molar-refractivity contribution in [1.29, 1.82) is 0 Å². The highest BCUT2D eigenvalue weighted by Gasteiger charge is 2.15. The molecular formula is C16H32N2O. The first-order valence-electron chi connectivity index (χ1n) is 7.88. The molecule has 0 saturated carbocycles. The van der Waals surface area contributed by atoms with E-state index in [1.165, 1.54) is 32.4 Å². The van der Waals surface area contributed by atoms with Gasteiger partial charge in [-0.1, -0.05) is 27.2 Å². The Labute approximate surface area is 119 Å². The van der Waals surface area contributed by atoms with Gasteiger partial charge in [0.05, 0.1) is 0 Å². The van der Waals surface area contributed by atoms with Gasteiger partial charge in [0, 0.05) is 19.0 Å². The second kappa shape index (κ2) is 7.88. The maximum atomic E-state index is 11.8. The number of piperidine rings is 1. The van der Waals surface area contributed by atoms with Crippen LogP contribution in [0.5, 0.6) is 0 Å². The summed E-state index contributed by atoms with van der Waals surface area (Å²) in [6.07, 6.45) is 6.74. The van der Waals surface area contributed by atoms with Gasteiger partial charge in [0.15, 0.2) is 0 Å². The Bertz CT molecular complexity index is 264. The Hall–Kier alpha value is -0.570. The van der Waals surface area contributed by atoms with Crippen molar-refractivity contribution >= 4 is 5.91 Å². The Morgan fingerprint density at radius 3 is 2.42 bits per heavy atom. The molecule has 19 heavy (non-hydrogen) atoms. The van der Waals surface area contributed by atoms with Crippen LogP contribution in [0.3, 0.4) is 0 Å². The summed E-state index contributed by atoms with van der Waals surface area (Å²) in [5, 5.41) is 3.13. The highest BCUT2D eigenvalue weighted by atomic mass is 16.1. The Balaban J connectivity index is 2.12. The molecule has 0 aromatic rings. The number of amides is 1. The smallest absolute Gasteiger partial charge is 0.220 e. The van der Waals surface area contributed by atoms with E-state index in [1.807, 2.05) is 0 Å². The monoisotopic (exact) mass is 268 g/mol. The summed E-state index contributed by atoms with van der Waals surface area (Å²) in [5.74, 6) is 0.209. The molecule has 0 bridgehead atoms. The van der Waals surface area contributed by atoms with E-state index < -0.39 is 0 Å². The lowest BCUT2D eigenvalue weighted by Crippen LogP contribution is -2.37. The van der Waals surface area contributed by atoms with Crippen LogP contribution in [-0.2, 0) is 4.79 Å². The van der Waals surface area contributed by atoms with Crippen LogP contribution in [0.4, 0.5) is 0 Å². The van der Waals surface area contributed by atoms with Gasteiger partial charge >= 0.3 is 0 Å². The van der Waals surface area contributed by atoms with Crippen LogP contribution >= 0.6 is 0 Å².